The molecule has 0 aliphatic heterocycles. The van der Waals surface area contributed by atoms with Crippen LogP contribution in [0.15, 0.2) is 36.5 Å². The molecular weight excluding hydrogens is 214 g/mol. The van der Waals surface area contributed by atoms with Gasteiger partial charge < -0.3 is 5.11 Å². The van der Waals surface area contributed by atoms with Crippen LogP contribution in [0.1, 0.15) is 30.7 Å². The van der Waals surface area contributed by atoms with Gasteiger partial charge in [-0.3, -0.25) is 4.68 Å². The van der Waals surface area contributed by atoms with Gasteiger partial charge in [0.2, 0.25) is 0 Å². The number of nitrogens with zero attached hydrogens (tertiary/aromatic N) is 3. The van der Waals surface area contributed by atoms with Gasteiger partial charge in [-0.1, -0.05) is 35.5 Å². The second-order valence-electron chi connectivity index (χ2n) is 4.17. The molecule has 1 heterocycles. The van der Waals surface area contributed by atoms with Crippen molar-refractivity contribution in [3.8, 4) is 0 Å². The third-order valence-electron chi connectivity index (χ3n) is 2.68. The maximum absolute atomic E-state index is 9.32. The first-order valence-corrected chi connectivity index (χ1v) is 5.88. The van der Waals surface area contributed by atoms with Crippen molar-refractivity contribution in [2.75, 3.05) is 0 Å². The first-order chi connectivity index (χ1) is 8.25. The van der Waals surface area contributed by atoms with E-state index in [2.05, 4.69) is 34.6 Å². The van der Waals surface area contributed by atoms with E-state index in [1.165, 1.54) is 5.56 Å². The predicted molar refractivity (Wildman–Crippen MR) is 65.4 cm³/mol. The van der Waals surface area contributed by atoms with Crippen LogP contribution in [-0.4, -0.2) is 20.1 Å². The molecule has 1 aromatic carbocycles. The fraction of sp³-hybridized carbons (Fsp3) is 0.385. The average molecular weight is 231 g/mol. The molecule has 0 saturated heterocycles. The molecular formula is C13H17N3O. The summed E-state index contributed by atoms with van der Waals surface area (Å²) < 4.78 is 1.78. The van der Waals surface area contributed by atoms with Crippen LogP contribution in [0.5, 0.6) is 0 Å². The zero-order chi connectivity index (χ0) is 12.1. The van der Waals surface area contributed by atoms with Crippen LogP contribution in [0.25, 0.3) is 0 Å². The summed E-state index contributed by atoms with van der Waals surface area (Å²) in [5, 5.41) is 17.2. The summed E-state index contributed by atoms with van der Waals surface area (Å²) >= 11 is 0. The van der Waals surface area contributed by atoms with Gasteiger partial charge in [0.15, 0.2) is 0 Å². The number of benzene rings is 1. The smallest absolute Gasteiger partial charge is 0.111 e. The zero-order valence-electron chi connectivity index (χ0n) is 9.95. The molecule has 0 aliphatic rings. The molecule has 2 rings (SSSR count). The van der Waals surface area contributed by atoms with E-state index in [1.54, 1.807) is 17.8 Å². The molecule has 4 nitrogen and oxygen atoms in total. The van der Waals surface area contributed by atoms with Crippen LogP contribution in [0.4, 0.5) is 0 Å². The number of aromatic nitrogens is 3. The van der Waals surface area contributed by atoms with Crippen LogP contribution in [-0.2, 0) is 13.0 Å². The zero-order valence-corrected chi connectivity index (χ0v) is 9.95. The largest absolute Gasteiger partial charge is 0.387 e. The topological polar surface area (TPSA) is 50.9 Å². The summed E-state index contributed by atoms with van der Waals surface area (Å²) in [6.45, 7) is 2.52. The second-order valence-corrected chi connectivity index (χ2v) is 4.17. The lowest BCUT2D eigenvalue weighted by Gasteiger charge is -2.01. The number of aryl methyl sites for hydroxylation is 2. The lowest BCUT2D eigenvalue weighted by molar-refractivity contribution is 0.194. The molecule has 0 saturated carbocycles. The molecule has 1 N–H and O–H groups in total. The Labute approximate surface area is 101 Å². The molecule has 2 aromatic rings. The molecule has 0 bridgehead atoms. The molecule has 1 aromatic heterocycles. The van der Waals surface area contributed by atoms with Gasteiger partial charge in [-0.05, 0) is 25.3 Å². The van der Waals surface area contributed by atoms with Crippen LogP contribution >= 0.6 is 0 Å². The van der Waals surface area contributed by atoms with Gasteiger partial charge >= 0.3 is 0 Å². The maximum Gasteiger partial charge on any atom is 0.111 e. The summed E-state index contributed by atoms with van der Waals surface area (Å²) in [6, 6.07) is 10.4. The first kappa shape index (κ1) is 11.8. The lowest BCUT2D eigenvalue weighted by Crippen LogP contribution is -2.00. The number of hydrogen-bond donors (Lipinski definition) is 1. The van der Waals surface area contributed by atoms with Crippen LogP contribution in [0.2, 0.25) is 0 Å². The van der Waals surface area contributed by atoms with E-state index < -0.39 is 6.10 Å². The average Bonchev–Trinajstić information content (AvgIpc) is 2.79. The molecule has 17 heavy (non-hydrogen) atoms. The fourth-order valence-corrected chi connectivity index (χ4v) is 1.70. The lowest BCUT2D eigenvalue weighted by atomic mass is 10.1. The summed E-state index contributed by atoms with van der Waals surface area (Å²) in [7, 11) is 0. The molecule has 1 atom stereocenters. The minimum Gasteiger partial charge on any atom is -0.387 e. The first-order valence-electron chi connectivity index (χ1n) is 5.88. The molecule has 90 valence electrons. The standard InChI is InChI=1S/C13H17N3O/c1-11(17)13-10-16(15-14-13)9-5-8-12-6-3-2-4-7-12/h2-4,6-7,10-11,17H,5,8-9H2,1H3. The van der Waals surface area contributed by atoms with Gasteiger partial charge in [-0.15, -0.1) is 5.10 Å². The predicted octanol–water partition coefficient (Wildman–Crippen LogP) is 1.96. The molecule has 0 aliphatic carbocycles. The van der Waals surface area contributed by atoms with E-state index in [9.17, 15) is 5.11 Å². The highest BCUT2D eigenvalue weighted by molar-refractivity contribution is 5.14. The van der Waals surface area contributed by atoms with Crippen LogP contribution in [0, 0.1) is 0 Å². The van der Waals surface area contributed by atoms with Crippen molar-refractivity contribution in [2.45, 2.75) is 32.4 Å². The molecule has 0 radical (unpaired) electrons. The van der Waals surface area contributed by atoms with E-state index in [0.29, 0.717) is 5.69 Å². The summed E-state index contributed by atoms with van der Waals surface area (Å²) in [5.41, 5.74) is 1.97. The Balaban J connectivity index is 1.82. The van der Waals surface area contributed by atoms with Gasteiger partial charge in [0.25, 0.3) is 0 Å². The molecule has 4 heteroatoms. The van der Waals surface area contributed by atoms with Crippen molar-refractivity contribution < 1.29 is 5.11 Å². The van der Waals surface area contributed by atoms with E-state index in [-0.39, 0.29) is 0 Å². The Morgan fingerprint density at radius 1 is 1.29 bits per heavy atom. The van der Waals surface area contributed by atoms with E-state index in [1.807, 2.05) is 6.07 Å². The summed E-state index contributed by atoms with van der Waals surface area (Å²) in [6.07, 6.45) is 3.31. The van der Waals surface area contributed by atoms with Gasteiger partial charge in [-0.25, -0.2) is 0 Å². The normalized spacial score (nSPS) is 12.6. The van der Waals surface area contributed by atoms with Crippen molar-refractivity contribution in [1.82, 2.24) is 15.0 Å². The minimum atomic E-state index is -0.544. The Morgan fingerprint density at radius 2 is 2.06 bits per heavy atom. The van der Waals surface area contributed by atoms with E-state index >= 15 is 0 Å². The van der Waals surface area contributed by atoms with Gasteiger partial charge in [-0.2, -0.15) is 0 Å². The molecule has 0 spiro atoms. The van der Waals surface area contributed by atoms with Crippen LogP contribution < -0.4 is 0 Å². The maximum atomic E-state index is 9.32. The van der Waals surface area contributed by atoms with Gasteiger partial charge in [0.05, 0.1) is 12.3 Å². The van der Waals surface area contributed by atoms with Crippen molar-refractivity contribution in [2.24, 2.45) is 0 Å². The number of hydrogen-bond acceptors (Lipinski definition) is 3. The summed E-state index contributed by atoms with van der Waals surface area (Å²) in [4.78, 5) is 0. The third kappa shape index (κ3) is 3.39. The van der Waals surface area contributed by atoms with Gasteiger partial charge in [0, 0.05) is 6.54 Å². The molecule has 0 amide bonds. The second kappa shape index (κ2) is 5.59. The Hall–Kier alpha value is -1.68. The van der Waals surface area contributed by atoms with Crippen LogP contribution in [0.3, 0.4) is 0 Å². The highest BCUT2D eigenvalue weighted by atomic mass is 16.3. The number of aliphatic hydroxyl groups excluding tert-OH is 1. The SMILES string of the molecule is CC(O)c1cn(CCCc2ccccc2)nn1. The van der Waals surface area contributed by atoms with Gasteiger partial charge in [0.1, 0.15) is 5.69 Å². The van der Waals surface area contributed by atoms with Crippen molar-refractivity contribution in [3.05, 3.63) is 47.8 Å². The Bertz CT molecular complexity index is 451. The van der Waals surface area contributed by atoms with Crippen molar-refractivity contribution in [1.29, 1.82) is 0 Å². The van der Waals surface area contributed by atoms with E-state index in [4.69, 9.17) is 0 Å². The molecule has 1 unspecified atom stereocenters. The van der Waals surface area contributed by atoms with Crippen molar-refractivity contribution >= 4 is 0 Å². The Morgan fingerprint density at radius 3 is 2.71 bits per heavy atom. The highest BCUT2D eigenvalue weighted by Crippen LogP contribution is 2.08. The molecule has 0 fully saturated rings. The number of rotatable bonds is 5. The monoisotopic (exact) mass is 231 g/mol. The fourth-order valence-electron chi connectivity index (χ4n) is 1.70. The Kier molecular flexibility index (Phi) is 3.88. The third-order valence-corrected chi connectivity index (χ3v) is 2.68. The summed E-state index contributed by atoms with van der Waals surface area (Å²) in [5.74, 6) is 0. The van der Waals surface area contributed by atoms with Crippen molar-refractivity contribution in [3.63, 3.8) is 0 Å². The number of aliphatic hydroxyl groups is 1. The minimum absolute atomic E-state index is 0.544. The van der Waals surface area contributed by atoms with E-state index in [0.717, 1.165) is 19.4 Å². The quantitative estimate of drug-likeness (QED) is 0.855. The highest BCUT2D eigenvalue weighted by Gasteiger charge is 2.05.